The molecule has 117 heavy (non-hydrogen) atoms. The molecule has 0 spiro atoms. The zero-order valence-corrected chi connectivity index (χ0v) is 77.9. The maximum atomic E-state index is 13.9. The number of carbonyl (C=O) groups is 8. The number of esters is 8. The van der Waals surface area contributed by atoms with Crippen LogP contribution in [0.2, 0.25) is 0 Å². The molecular formula is C101H188O16. The van der Waals surface area contributed by atoms with Crippen LogP contribution in [0, 0.1) is 5.41 Å². The lowest BCUT2D eigenvalue weighted by molar-refractivity contribution is -0.171. The van der Waals surface area contributed by atoms with Crippen LogP contribution in [-0.2, 0) is 76.3 Å². The molecule has 0 saturated heterocycles. The summed E-state index contributed by atoms with van der Waals surface area (Å²) in [6.45, 7) is 16.3. The first-order valence-electron chi connectivity index (χ1n) is 50.5. The quantitative estimate of drug-likeness (QED) is 0.0315. The Labute approximate surface area is 719 Å². The van der Waals surface area contributed by atoms with Crippen LogP contribution in [0.1, 0.15) is 543 Å². The van der Waals surface area contributed by atoms with Crippen LogP contribution in [0.4, 0.5) is 0 Å². The summed E-state index contributed by atoms with van der Waals surface area (Å²) in [5.74, 6) is -2.10. The number of hydrogen-bond donors (Lipinski definition) is 0. The van der Waals surface area contributed by atoms with Crippen molar-refractivity contribution in [1.29, 1.82) is 0 Å². The summed E-state index contributed by atoms with van der Waals surface area (Å²) in [7, 11) is 0. The van der Waals surface area contributed by atoms with Crippen LogP contribution in [0.15, 0.2) is 0 Å². The van der Waals surface area contributed by atoms with Gasteiger partial charge in [0.2, 0.25) is 0 Å². The molecule has 0 aromatic rings. The van der Waals surface area contributed by atoms with Gasteiger partial charge in [-0.15, -0.1) is 0 Å². The van der Waals surface area contributed by atoms with E-state index in [2.05, 4.69) is 55.4 Å². The van der Waals surface area contributed by atoms with Crippen molar-refractivity contribution >= 4 is 47.8 Å². The van der Waals surface area contributed by atoms with E-state index in [-0.39, 0.29) is 100 Å². The van der Waals surface area contributed by atoms with Gasteiger partial charge in [-0.05, 0) is 154 Å². The van der Waals surface area contributed by atoms with Gasteiger partial charge in [0.1, 0.15) is 56.3 Å². The SMILES string of the molecule is CCCCCCCCCC(CCCCCCCC(=O)OCC(COC(=O)CCCCCCCC(CCCCCCCCC)OC(=O)CCCCC)(COC(=O)CCCCCCCC(CCCCCCCCC)OC(=O)CCCCC)COC(=O)CCCCCCCC(CCCCCCCCC)OC(=O)CCCCC)OC(=O)CCCCC. The standard InChI is InChI=1S/C101H188O16/c1-9-17-25-29-33-41-57-69-89(114-97(106)81-53-21-13-5)73-61-45-37-49-65-77-93(102)110-85-101(86-111-94(103)78-66-50-38-46-62-74-90(115-98(107)82-54-22-14-6)70-58-42-34-30-26-18-10-2,87-112-95(104)79-67-51-39-47-63-75-91(116-99(108)83-55-23-15-7)71-59-43-35-31-27-19-11-3)88-113-96(105)80-68-52-40-48-64-76-92(117-100(109)84-56-24-16-8)72-60-44-36-32-28-20-12-4/h89-92H,9-88H2,1-8H3. The average molecular weight is 1660 g/mol. The fraction of sp³-hybridized carbons (Fsp3) is 0.921. The van der Waals surface area contributed by atoms with Crippen LogP contribution in [0.5, 0.6) is 0 Å². The third-order valence-electron chi connectivity index (χ3n) is 23.4. The highest BCUT2D eigenvalue weighted by atomic mass is 16.6. The second kappa shape index (κ2) is 86.7. The second-order valence-corrected chi connectivity index (χ2v) is 35.3. The van der Waals surface area contributed by atoms with E-state index in [1.807, 2.05) is 0 Å². The smallest absolute Gasteiger partial charge is 0.306 e. The van der Waals surface area contributed by atoms with Gasteiger partial charge in [0.15, 0.2) is 0 Å². The highest BCUT2D eigenvalue weighted by molar-refractivity contribution is 5.72. The minimum absolute atomic E-state index is 0.0701. The van der Waals surface area contributed by atoms with Crippen molar-refractivity contribution in [3.8, 4) is 0 Å². The van der Waals surface area contributed by atoms with E-state index in [4.69, 9.17) is 37.9 Å². The minimum Gasteiger partial charge on any atom is -0.465 e. The van der Waals surface area contributed by atoms with Gasteiger partial charge in [-0.25, -0.2) is 0 Å². The van der Waals surface area contributed by atoms with Crippen LogP contribution >= 0.6 is 0 Å². The predicted octanol–water partition coefficient (Wildman–Crippen LogP) is 29.6. The van der Waals surface area contributed by atoms with Crippen molar-refractivity contribution in [2.24, 2.45) is 5.41 Å². The lowest BCUT2D eigenvalue weighted by Crippen LogP contribution is -2.44. The molecule has 0 N–H and O–H groups in total. The first kappa shape index (κ1) is 113. The molecule has 16 nitrogen and oxygen atoms in total. The number of rotatable bonds is 92. The summed E-state index contributed by atoms with van der Waals surface area (Å²) in [5.41, 5.74) is -1.39. The molecule has 0 amide bonds. The van der Waals surface area contributed by atoms with Crippen molar-refractivity contribution < 1.29 is 76.3 Å². The fourth-order valence-corrected chi connectivity index (χ4v) is 15.6. The molecule has 0 saturated carbocycles. The summed E-state index contributed by atoms with van der Waals surface area (Å²) in [6.07, 6.45) is 71.6. The summed E-state index contributed by atoms with van der Waals surface area (Å²) in [6, 6.07) is 0. The molecule has 0 fully saturated rings. The van der Waals surface area contributed by atoms with Crippen molar-refractivity contribution in [2.45, 2.75) is 568 Å². The predicted molar refractivity (Wildman–Crippen MR) is 482 cm³/mol. The second-order valence-electron chi connectivity index (χ2n) is 35.3. The highest BCUT2D eigenvalue weighted by Crippen LogP contribution is 2.28. The molecule has 0 aromatic heterocycles. The summed E-state index contributed by atoms with van der Waals surface area (Å²) in [4.78, 5) is 107. The third kappa shape index (κ3) is 77.6. The Balaban J connectivity index is 6.54. The Morgan fingerprint density at radius 1 is 0.162 bits per heavy atom. The van der Waals surface area contributed by atoms with Crippen molar-refractivity contribution in [3.05, 3.63) is 0 Å². The van der Waals surface area contributed by atoms with Gasteiger partial charge < -0.3 is 37.9 Å². The van der Waals surface area contributed by atoms with Crippen molar-refractivity contribution in [1.82, 2.24) is 0 Å². The van der Waals surface area contributed by atoms with E-state index >= 15 is 0 Å². The third-order valence-corrected chi connectivity index (χ3v) is 23.4. The van der Waals surface area contributed by atoms with Gasteiger partial charge in [0.25, 0.3) is 0 Å². The number of carbonyl (C=O) groups excluding carboxylic acids is 8. The zero-order chi connectivity index (χ0) is 85.7. The molecular weight excluding hydrogens is 1470 g/mol. The van der Waals surface area contributed by atoms with E-state index in [9.17, 15) is 38.4 Å². The molecule has 0 bridgehead atoms. The lowest BCUT2D eigenvalue weighted by Gasteiger charge is -2.31. The van der Waals surface area contributed by atoms with Crippen molar-refractivity contribution in [2.75, 3.05) is 26.4 Å². The topological polar surface area (TPSA) is 210 Å². The molecule has 0 aliphatic carbocycles. The molecule has 0 heterocycles. The van der Waals surface area contributed by atoms with E-state index in [0.29, 0.717) is 51.4 Å². The van der Waals surface area contributed by atoms with Gasteiger partial charge in [-0.2, -0.15) is 0 Å². The normalized spacial score (nSPS) is 13.0. The highest BCUT2D eigenvalue weighted by Gasteiger charge is 2.38. The maximum Gasteiger partial charge on any atom is 0.306 e. The Kier molecular flexibility index (Phi) is 83.5. The Morgan fingerprint density at radius 2 is 0.282 bits per heavy atom. The van der Waals surface area contributed by atoms with Crippen molar-refractivity contribution in [3.63, 3.8) is 0 Å². The zero-order valence-electron chi connectivity index (χ0n) is 77.9. The number of unbranched alkanes of at least 4 members (excludes halogenated alkanes) is 48. The van der Waals surface area contributed by atoms with E-state index < -0.39 is 29.3 Å². The minimum atomic E-state index is -1.39. The monoisotopic (exact) mass is 1660 g/mol. The first-order valence-corrected chi connectivity index (χ1v) is 50.5. The van der Waals surface area contributed by atoms with Crippen LogP contribution < -0.4 is 0 Å². The summed E-state index contributed by atoms with van der Waals surface area (Å²) in [5, 5.41) is 0. The van der Waals surface area contributed by atoms with E-state index in [1.165, 1.54) is 128 Å². The molecule has 0 aromatic carbocycles. The molecule has 16 heteroatoms. The van der Waals surface area contributed by atoms with Gasteiger partial charge >= 0.3 is 47.8 Å². The molecule has 0 aliphatic rings. The van der Waals surface area contributed by atoms with E-state index in [1.54, 1.807) is 0 Å². The first-order chi connectivity index (χ1) is 57.1. The molecule has 688 valence electrons. The van der Waals surface area contributed by atoms with E-state index in [0.717, 1.165) is 283 Å². The largest absolute Gasteiger partial charge is 0.465 e. The molecule has 4 unspecified atom stereocenters. The van der Waals surface area contributed by atoms with Crippen LogP contribution in [0.25, 0.3) is 0 Å². The maximum absolute atomic E-state index is 13.9. The molecule has 0 rings (SSSR count). The number of hydrogen-bond acceptors (Lipinski definition) is 16. The van der Waals surface area contributed by atoms with Crippen LogP contribution in [0.3, 0.4) is 0 Å². The summed E-state index contributed by atoms with van der Waals surface area (Å²) < 4.78 is 48.6. The fourth-order valence-electron chi connectivity index (χ4n) is 15.6. The molecule has 0 radical (unpaired) electrons. The Bertz CT molecular complexity index is 1960. The Morgan fingerprint density at radius 3 is 0.444 bits per heavy atom. The Hall–Kier alpha value is -4.24. The average Bonchev–Trinajstić information content (AvgIpc) is 0.851. The lowest BCUT2D eigenvalue weighted by atomic mass is 9.92. The number of ether oxygens (including phenoxy) is 8. The van der Waals surface area contributed by atoms with Gasteiger partial charge in [0, 0.05) is 51.4 Å². The summed E-state index contributed by atoms with van der Waals surface area (Å²) >= 11 is 0. The van der Waals surface area contributed by atoms with Gasteiger partial charge in [-0.1, -0.05) is 338 Å². The van der Waals surface area contributed by atoms with Gasteiger partial charge in [0.05, 0.1) is 0 Å². The molecule has 0 aliphatic heterocycles. The van der Waals surface area contributed by atoms with Crippen LogP contribution in [-0.4, -0.2) is 98.6 Å². The molecule has 4 atom stereocenters. The van der Waals surface area contributed by atoms with Gasteiger partial charge in [-0.3, -0.25) is 38.4 Å².